The first-order valence-electron chi connectivity index (χ1n) is 6.72. The summed E-state index contributed by atoms with van der Waals surface area (Å²) < 4.78 is 13.2. The van der Waals surface area contributed by atoms with Crippen molar-refractivity contribution in [1.82, 2.24) is 4.90 Å². The molecular weight excluding hydrogens is 229 g/mol. The summed E-state index contributed by atoms with van der Waals surface area (Å²) in [5.41, 5.74) is 1.42. The van der Waals surface area contributed by atoms with Crippen molar-refractivity contribution in [3.05, 3.63) is 29.6 Å². The number of hydrogen-bond acceptors (Lipinski definition) is 2. The fourth-order valence-electron chi connectivity index (χ4n) is 2.51. The van der Waals surface area contributed by atoms with Gasteiger partial charge in [-0.25, -0.2) is 4.39 Å². The molecular formula is C15H22FNO. The lowest BCUT2D eigenvalue weighted by Crippen LogP contribution is -2.37. The van der Waals surface area contributed by atoms with Crippen molar-refractivity contribution in [1.29, 1.82) is 0 Å². The Balaban J connectivity index is 1.93. The number of hydrogen-bond donors (Lipinski definition) is 1. The van der Waals surface area contributed by atoms with Gasteiger partial charge >= 0.3 is 0 Å². The van der Waals surface area contributed by atoms with Crippen LogP contribution < -0.4 is 0 Å². The molecule has 0 saturated carbocycles. The van der Waals surface area contributed by atoms with Gasteiger partial charge < -0.3 is 5.11 Å². The molecule has 1 fully saturated rings. The number of phenolic OH excluding ortho intramolecular Hbond substituents is 1. The average molecular weight is 251 g/mol. The quantitative estimate of drug-likeness (QED) is 0.888. The monoisotopic (exact) mass is 251 g/mol. The molecule has 1 heterocycles. The van der Waals surface area contributed by atoms with E-state index in [1.807, 2.05) is 0 Å². The highest BCUT2D eigenvalue weighted by atomic mass is 19.1. The Labute approximate surface area is 108 Å². The molecule has 0 spiro atoms. The summed E-state index contributed by atoms with van der Waals surface area (Å²) in [5.74, 6) is -0.793. The second kappa shape index (κ2) is 5.27. The molecule has 0 atom stereocenters. The molecule has 0 unspecified atom stereocenters. The summed E-state index contributed by atoms with van der Waals surface area (Å²) in [7, 11) is 0. The Bertz CT molecular complexity index is 411. The number of piperidine rings is 1. The second-order valence-corrected chi connectivity index (χ2v) is 5.73. The summed E-state index contributed by atoms with van der Waals surface area (Å²) in [5, 5.41) is 9.16. The molecule has 0 aromatic heterocycles. The molecule has 1 aliphatic heterocycles. The van der Waals surface area contributed by atoms with Crippen molar-refractivity contribution in [2.24, 2.45) is 5.41 Å². The first kappa shape index (κ1) is 13.3. The van der Waals surface area contributed by atoms with Gasteiger partial charge in [0.1, 0.15) is 0 Å². The van der Waals surface area contributed by atoms with Crippen LogP contribution in [0.4, 0.5) is 4.39 Å². The highest BCUT2D eigenvalue weighted by Gasteiger charge is 2.28. The van der Waals surface area contributed by atoms with E-state index in [-0.39, 0.29) is 5.75 Å². The Morgan fingerprint density at radius 3 is 2.56 bits per heavy atom. The SMILES string of the molecule is CCC1(C)CCN(Cc2ccc(O)c(F)c2)CC1. The largest absolute Gasteiger partial charge is 0.505 e. The molecule has 0 radical (unpaired) electrons. The van der Waals surface area contributed by atoms with Crippen LogP contribution in [0.1, 0.15) is 38.7 Å². The van der Waals surface area contributed by atoms with Crippen LogP contribution in [0.3, 0.4) is 0 Å². The molecule has 1 aromatic rings. The smallest absolute Gasteiger partial charge is 0.165 e. The van der Waals surface area contributed by atoms with Crippen molar-refractivity contribution in [2.45, 2.75) is 39.7 Å². The van der Waals surface area contributed by atoms with Gasteiger partial charge in [0.05, 0.1) is 0 Å². The topological polar surface area (TPSA) is 23.5 Å². The highest BCUT2D eigenvalue weighted by Crippen LogP contribution is 2.34. The third-order valence-electron chi connectivity index (χ3n) is 4.33. The van der Waals surface area contributed by atoms with Crippen molar-refractivity contribution in [3.63, 3.8) is 0 Å². The molecule has 2 nitrogen and oxygen atoms in total. The second-order valence-electron chi connectivity index (χ2n) is 5.73. The zero-order valence-electron chi connectivity index (χ0n) is 11.2. The summed E-state index contributed by atoms with van der Waals surface area (Å²) in [6.07, 6.45) is 3.66. The molecule has 1 N–H and O–H groups in total. The van der Waals surface area contributed by atoms with Gasteiger partial charge in [0.15, 0.2) is 11.6 Å². The fraction of sp³-hybridized carbons (Fsp3) is 0.600. The van der Waals surface area contributed by atoms with Crippen LogP contribution in [0.25, 0.3) is 0 Å². The minimum atomic E-state index is -0.525. The maximum absolute atomic E-state index is 13.2. The van der Waals surface area contributed by atoms with Crippen LogP contribution >= 0.6 is 0 Å². The third kappa shape index (κ3) is 3.02. The maximum atomic E-state index is 13.2. The highest BCUT2D eigenvalue weighted by molar-refractivity contribution is 5.27. The fourth-order valence-corrected chi connectivity index (χ4v) is 2.51. The van der Waals surface area contributed by atoms with E-state index in [4.69, 9.17) is 5.11 Å². The van der Waals surface area contributed by atoms with Crippen molar-refractivity contribution >= 4 is 0 Å². The number of likely N-dealkylation sites (tertiary alicyclic amines) is 1. The molecule has 2 rings (SSSR count). The average Bonchev–Trinajstić information content (AvgIpc) is 2.37. The van der Waals surface area contributed by atoms with Gasteiger partial charge in [-0.05, 0) is 49.0 Å². The van der Waals surface area contributed by atoms with Gasteiger partial charge in [-0.2, -0.15) is 0 Å². The predicted octanol–water partition coefficient (Wildman–Crippen LogP) is 3.54. The summed E-state index contributed by atoms with van der Waals surface area (Å²) in [6, 6.07) is 4.67. The van der Waals surface area contributed by atoms with Crippen LogP contribution in [0.15, 0.2) is 18.2 Å². The molecule has 1 aromatic carbocycles. The normalized spacial score (nSPS) is 19.9. The number of phenols is 1. The maximum Gasteiger partial charge on any atom is 0.165 e. The molecule has 0 amide bonds. The molecule has 3 heteroatoms. The molecule has 0 aliphatic carbocycles. The van der Waals surface area contributed by atoms with Gasteiger partial charge in [0, 0.05) is 6.54 Å². The van der Waals surface area contributed by atoms with Crippen LogP contribution in [0.5, 0.6) is 5.75 Å². The lowest BCUT2D eigenvalue weighted by atomic mass is 9.78. The Hall–Kier alpha value is -1.09. The lowest BCUT2D eigenvalue weighted by Gasteiger charge is -2.39. The van der Waals surface area contributed by atoms with Gasteiger partial charge in [-0.3, -0.25) is 4.90 Å². The first-order chi connectivity index (χ1) is 8.52. The van der Waals surface area contributed by atoms with Crippen LogP contribution in [-0.4, -0.2) is 23.1 Å². The van der Waals surface area contributed by atoms with Crippen LogP contribution in [-0.2, 0) is 6.54 Å². The van der Waals surface area contributed by atoms with Crippen molar-refractivity contribution in [2.75, 3.05) is 13.1 Å². The standard InChI is InChI=1S/C15H22FNO/c1-3-15(2)6-8-17(9-7-15)11-12-4-5-14(18)13(16)10-12/h4-5,10,18H,3,6-9,11H2,1-2H3. The van der Waals surface area contributed by atoms with Gasteiger partial charge in [-0.15, -0.1) is 0 Å². The summed E-state index contributed by atoms with van der Waals surface area (Å²) in [6.45, 7) is 7.53. The minimum Gasteiger partial charge on any atom is -0.505 e. The van der Waals surface area contributed by atoms with Crippen LogP contribution in [0.2, 0.25) is 0 Å². The van der Waals surface area contributed by atoms with Crippen LogP contribution in [0, 0.1) is 11.2 Å². The number of nitrogens with zero attached hydrogens (tertiary/aromatic N) is 1. The number of halogens is 1. The van der Waals surface area contributed by atoms with Crippen molar-refractivity contribution < 1.29 is 9.50 Å². The Morgan fingerprint density at radius 2 is 2.00 bits per heavy atom. The van der Waals surface area contributed by atoms with E-state index >= 15 is 0 Å². The molecule has 18 heavy (non-hydrogen) atoms. The Morgan fingerprint density at radius 1 is 1.33 bits per heavy atom. The van der Waals surface area contributed by atoms with Gasteiger partial charge in [-0.1, -0.05) is 26.3 Å². The first-order valence-corrected chi connectivity index (χ1v) is 6.72. The number of rotatable bonds is 3. The summed E-state index contributed by atoms with van der Waals surface area (Å²) >= 11 is 0. The van der Waals surface area contributed by atoms with Crippen molar-refractivity contribution in [3.8, 4) is 5.75 Å². The van der Waals surface area contributed by atoms with E-state index in [0.29, 0.717) is 5.41 Å². The van der Waals surface area contributed by atoms with Gasteiger partial charge in [0.25, 0.3) is 0 Å². The van der Waals surface area contributed by atoms with Gasteiger partial charge in [0.2, 0.25) is 0 Å². The summed E-state index contributed by atoms with van der Waals surface area (Å²) in [4.78, 5) is 2.36. The lowest BCUT2D eigenvalue weighted by molar-refractivity contribution is 0.109. The minimum absolute atomic E-state index is 0.268. The molecule has 1 saturated heterocycles. The number of benzene rings is 1. The Kier molecular flexibility index (Phi) is 3.91. The predicted molar refractivity (Wildman–Crippen MR) is 71.0 cm³/mol. The van der Waals surface area contributed by atoms with E-state index in [1.54, 1.807) is 6.07 Å². The van der Waals surface area contributed by atoms with E-state index in [0.717, 1.165) is 25.2 Å². The van der Waals surface area contributed by atoms with E-state index in [2.05, 4.69) is 18.7 Å². The molecule has 1 aliphatic rings. The zero-order valence-corrected chi connectivity index (χ0v) is 11.2. The third-order valence-corrected chi connectivity index (χ3v) is 4.33. The number of aromatic hydroxyl groups is 1. The zero-order chi connectivity index (χ0) is 13.2. The van der Waals surface area contributed by atoms with E-state index < -0.39 is 5.82 Å². The molecule has 100 valence electrons. The van der Waals surface area contributed by atoms with E-state index in [1.165, 1.54) is 31.4 Å². The van der Waals surface area contributed by atoms with E-state index in [9.17, 15) is 4.39 Å². The molecule has 0 bridgehead atoms.